The SMILES string of the molecule is CC(C)(C)NCc1ccc(C(=N)C=Cc2cncc(-c3ccc(=O)n(C4CCCC4)c3)n2)cc1. The second kappa shape index (κ2) is 10.3. The monoisotopic (exact) mass is 455 g/mol. The highest BCUT2D eigenvalue weighted by atomic mass is 16.1. The first kappa shape index (κ1) is 23.8. The number of allylic oxidation sites excluding steroid dienone is 1. The number of aromatic nitrogens is 3. The summed E-state index contributed by atoms with van der Waals surface area (Å²) in [6.45, 7) is 7.23. The van der Waals surface area contributed by atoms with Gasteiger partial charge in [0.15, 0.2) is 0 Å². The van der Waals surface area contributed by atoms with Crippen molar-refractivity contribution in [3.05, 3.63) is 88.2 Å². The molecule has 0 aliphatic heterocycles. The van der Waals surface area contributed by atoms with Gasteiger partial charge in [-0.2, -0.15) is 0 Å². The van der Waals surface area contributed by atoms with Crippen LogP contribution in [0.5, 0.6) is 0 Å². The molecule has 1 aromatic carbocycles. The van der Waals surface area contributed by atoms with Gasteiger partial charge in [-0.1, -0.05) is 37.1 Å². The molecule has 1 aliphatic carbocycles. The average Bonchev–Trinajstić information content (AvgIpc) is 3.36. The zero-order chi connectivity index (χ0) is 24.1. The summed E-state index contributed by atoms with van der Waals surface area (Å²) in [5, 5.41) is 11.9. The number of hydrogen-bond acceptors (Lipinski definition) is 5. The maximum atomic E-state index is 12.4. The summed E-state index contributed by atoms with van der Waals surface area (Å²) in [4.78, 5) is 21.4. The Hall–Kier alpha value is -3.38. The number of nitrogens with zero attached hydrogens (tertiary/aromatic N) is 3. The largest absolute Gasteiger partial charge is 0.312 e. The van der Waals surface area contributed by atoms with Gasteiger partial charge in [0.2, 0.25) is 0 Å². The molecular weight excluding hydrogens is 422 g/mol. The molecule has 2 heterocycles. The van der Waals surface area contributed by atoms with Crippen molar-refractivity contribution < 1.29 is 0 Å². The lowest BCUT2D eigenvalue weighted by Crippen LogP contribution is -2.35. The third kappa shape index (κ3) is 6.14. The summed E-state index contributed by atoms with van der Waals surface area (Å²) in [5.74, 6) is 0. The summed E-state index contributed by atoms with van der Waals surface area (Å²) >= 11 is 0. The zero-order valence-corrected chi connectivity index (χ0v) is 20.2. The maximum absolute atomic E-state index is 12.4. The van der Waals surface area contributed by atoms with E-state index in [4.69, 9.17) is 10.4 Å². The van der Waals surface area contributed by atoms with Crippen LogP contribution in [-0.4, -0.2) is 25.8 Å². The van der Waals surface area contributed by atoms with Crippen molar-refractivity contribution in [3.8, 4) is 11.3 Å². The van der Waals surface area contributed by atoms with Crippen LogP contribution in [0.3, 0.4) is 0 Å². The van der Waals surface area contributed by atoms with Gasteiger partial charge in [0, 0.05) is 36.0 Å². The molecule has 1 aliphatic rings. The van der Waals surface area contributed by atoms with Crippen LogP contribution < -0.4 is 10.9 Å². The molecule has 0 spiro atoms. The minimum absolute atomic E-state index is 0.0355. The van der Waals surface area contributed by atoms with Crippen LogP contribution in [0.2, 0.25) is 0 Å². The topological polar surface area (TPSA) is 83.7 Å². The normalized spacial score (nSPS) is 14.7. The van der Waals surface area contributed by atoms with Gasteiger partial charge in [-0.15, -0.1) is 0 Å². The third-order valence-electron chi connectivity index (χ3n) is 6.11. The van der Waals surface area contributed by atoms with Crippen LogP contribution in [0, 0.1) is 5.41 Å². The molecule has 1 fully saturated rings. The second-order valence-electron chi connectivity index (χ2n) is 9.98. The van der Waals surface area contributed by atoms with Crippen molar-refractivity contribution in [2.45, 2.75) is 64.6 Å². The van der Waals surface area contributed by atoms with Gasteiger partial charge in [0.25, 0.3) is 5.56 Å². The number of pyridine rings is 1. The molecule has 34 heavy (non-hydrogen) atoms. The van der Waals surface area contributed by atoms with Gasteiger partial charge in [0.1, 0.15) is 0 Å². The molecular formula is C28H33N5O. The molecule has 0 bridgehead atoms. The third-order valence-corrected chi connectivity index (χ3v) is 6.11. The van der Waals surface area contributed by atoms with Gasteiger partial charge in [-0.25, -0.2) is 4.98 Å². The fourth-order valence-electron chi connectivity index (χ4n) is 4.16. The molecule has 176 valence electrons. The van der Waals surface area contributed by atoms with Crippen molar-refractivity contribution in [2.24, 2.45) is 0 Å². The van der Waals surface area contributed by atoms with Crippen molar-refractivity contribution in [1.29, 1.82) is 5.41 Å². The van der Waals surface area contributed by atoms with E-state index in [9.17, 15) is 4.79 Å². The lowest BCUT2D eigenvalue weighted by atomic mass is 10.1. The average molecular weight is 456 g/mol. The minimum atomic E-state index is 0.0355. The van der Waals surface area contributed by atoms with Gasteiger partial charge in [-0.05, 0) is 63.0 Å². The standard InChI is InChI=1S/C28H33N5O/c1-28(2,3)31-16-20-8-10-21(11-9-20)25(29)14-13-23-17-30-18-26(32-23)22-12-15-27(34)33(19-22)24-6-4-5-7-24/h8-15,17-19,24,29,31H,4-7,16H2,1-3H3. The van der Waals surface area contributed by atoms with Crippen LogP contribution >= 0.6 is 0 Å². The van der Waals surface area contributed by atoms with Crippen molar-refractivity contribution in [3.63, 3.8) is 0 Å². The highest BCUT2D eigenvalue weighted by Gasteiger charge is 2.18. The van der Waals surface area contributed by atoms with E-state index in [1.54, 1.807) is 30.6 Å². The summed E-state index contributed by atoms with van der Waals surface area (Å²) in [5.41, 5.74) is 4.83. The smallest absolute Gasteiger partial charge is 0.250 e. The van der Waals surface area contributed by atoms with E-state index in [1.807, 2.05) is 29.0 Å². The Morgan fingerprint density at radius 2 is 1.85 bits per heavy atom. The number of rotatable bonds is 7. The zero-order valence-electron chi connectivity index (χ0n) is 20.2. The van der Waals surface area contributed by atoms with E-state index >= 15 is 0 Å². The molecule has 0 atom stereocenters. The molecule has 0 radical (unpaired) electrons. The van der Waals surface area contributed by atoms with Crippen LogP contribution in [-0.2, 0) is 6.54 Å². The molecule has 6 nitrogen and oxygen atoms in total. The Morgan fingerprint density at radius 3 is 2.56 bits per heavy atom. The molecule has 3 aromatic rings. The predicted octanol–water partition coefficient (Wildman–Crippen LogP) is 5.39. The van der Waals surface area contributed by atoms with Gasteiger partial charge >= 0.3 is 0 Å². The minimum Gasteiger partial charge on any atom is -0.312 e. The van der Waals surface area contributed by atoms with Crippen LogP contribution in [0.25, 0.3) is 17.3 Å². The van der Waals surface area contributed by atoms with E-state index in [2.05, 4.69) is 43.2 Å². The van der Waals surface area contributed by atoms with Gasteiger partial charge in [-0.3, -0.25) is 9.78 Å². The van der Waals surface area contributed by atoms with Crippen molar-refractivity contribution in [2.75, 3.05) is 0 Å². The number of hydrogen-bond donors (Lipinski definition) is 2. The summed E-state index contributed by atoms with van der Waals surface area (Å²) in [6, 6.07) is 11.8. The first-order chi connectivity index (χ1) is 16.3. The molecule has 6 heteroatoms. The second-order valence-corrected chi connectivity index (χ2v) is 9.98. The predicted molar refractivity (Wildman–Crippen MR) is 138 cm³/mol. The molecule has 0 amide bonds. The van der Waals surface area contributed by atoms with Gasteiger partial charge < -0.3 is 15.3 Å². The lowest BCUT2D eigenvalue weighted by Gasteiger charge is -2.20. The van der Waals surface area contributed by atoms with E-state index in [1.165, 1.54) is 18.4 Å². The Balaban J connectivity index is 1.46. The maximum Gasteiger partial charge on any atom is 0.250 e. The Bertz CT molecular complexity index is 1230. The highest BCUT2D eigenvalue weighted by Crippen LogP contribution is 2.29. The quantitative estimate of drug-likeness (QED) is 0.468. The lowest BCUT2D eigenvalue weighted by molar-refractivity contribution is 0.424. The van der Waals surface area contributed by atoms with Crippen molar-refractivity contribution >= 4 is 11.8 Å². The highest BCUT2D eigenvalue weighted by molar-refractivity contribution is 6.08. The van der Waals surface area contributed by atoms with Gasteiger partial charge in [0.05, 0.1) is 29.5 Å². The molecule has 2 N–H and O–H groups in total. The van der Waals surface area contributed by atoms with E-state index in [0.29, 0.717) is 11.4 Å². The molecule has 0 saturated heterocycles. The first-order valence-electron chi connectivity index (χ1n) is 11.9. The van der Waals surface area contributed by atoms with Crippen LogP contribution in [0.4, 0.5) is 0 Å². The Labute approximate surface area is 201 Å². The Morgan fingerprint density at radius 1 is 1.12 bits per heavy atom. The van der Waals surface area contributed by atoms with E-state index < -0.39 is 0 Å². The summed E-state index contributed by atoms with van der Waals surface area (Å²) in [7, 11) is 0. The van der Waals surface area contributed by atoms with E-state index in [0.717, 1.165) is 36.2 Å². The number of nitrogens with one attached hydrogen (secondary N) is 2. The fourth-order valence-corrected chi connectivity index (χ4v) is 4.16. The number of benzene rings is 1. The Kier molecular flexibility index (Phi) is 7.17. The first-order valence-corrected chi connectivity index (χ1v) is 11.9. The van der Waals surface area contributed by atoms with E-state index in [-0.39, 0.29) is 17.1 Å². The summed E-state index contributed by atoms with van der Waals surface area (Å²) < 4.78 is 1.85. The fraction of sp³-hybridized carbons (Fsp3) is 0.357. The molecule has 4 rings (SSSR count). The van der Waals surface area contributed by atoms with Crippen molar-refractivity contribution in [1.82, 2.24) is 19.9 Å². The molecule has 2 aromatic heterocycles. The van der Waals surface area contributed by atoms with Crippen LogP contribution in [0.15, 0.2) is 65.9 Å². The molecule has 1 saturated carbocycles. The molecule has 0 unspecified atom stereocenters. The van der Waals surface area contributed by atoms with Crippen LogP contribution in [0.1, 0.15) is 69.3 Å². The summed E-state index contributed by atoms with van der Waals surface area (Å²) in [6.07, 6.45) is 13.3.